The molecule has 1 atom stereocenters. The van der Waals surface area contributed by atoms with Gasteiger partial charge in [-0.3, -0.25) is 4.79 Å². The molecule has 0 fully saturated rings. The van der Waals surface area contributed by atoms with Crippen molar-refractivity contribution in [2.45, 2.75) is 19.3 Å². The third-order valence-electron chi connectivity index (χ3n) is 4.36. The first-order valence-corrected chi connectivity index (χ1v) is 8.92. The lowest BCUT2D eigenvalue weighted by molar-refractivity contribution is -0.118. The lowest BCUT2D eigenvalue weighted by Gasteiger charge is -2.14. The Balaban J connectivity index is 2.33. The maximum absolute atomic E-state index is 12.0. The molecule has 2 aromatic carbocycles. The van der Waals surface area contributed by atoms with Gasteiger partial charge in [-0.25, -0.2) is 0 Å². The van der Waals surface area contributed by atoms with Crippen molar-refractivity contribution in [2.24, 2.45) is 5.73 Å². The van der Waals surface area contributed by atoms with E-state index in [1.54, 1.807) is 24.3 Å². The average Bonchev–Trinajstić information content (AvgIpc) is 2.76. The Morgan fingerprint density at radius 3 is 2.31 bits per heavy atom. The number of methoxy groups -OCH3 is 2. The van der Waals surface area contributed by atoms with Crippen molar-refractivity contribution >= 4 is 23.7 Å². The molecular weight excluding hydrogens is 376 g/mol. The normalized spacial score (nSPS) is 12.1. The van der Waals surface area contributed by atoms with E-state index in [0.717, 1.165) is 11.1 Å². The number of nitrogens with one attached hydrogen (secondary N) is 1. The highest BCUT2D eigenvalue weighted by atomic mass is 16.5. The van der Waals surface area contributed by atoms with Crippen LogP contribution in [0.1, 0.15) is 22.3 Å². The first kappa shape index (κ1) is 22.4. The summed E-state index contributed by atoms with van der Waals surface area (Å²) in [5.41, 5.74) is 8.63. The highest BCUT2D eigenvalue weighted by Crippen LogP contribution is 2.28. The fourth-order valence-corrected chi connectivity index (χ4v) is 2.75. The number of rotatable bonds is 9. The molecule has 0 bridgehead atoms. The standard InChI is InChI=1S/C21H26N2O6/c1-28-19-6-5-13(8-18(19)23-21(27)17(22)12-26)3-4-14-7-15(10-24)16(11-25)20(9-14)29-2/h3-9,17,24-26H,10-12,22H2,1-2H3,(H,23,27)/b4-3-. The van der Waals surface area contributed by atoms with Crippen LogP contribution in [0.3, 0.4) is 0 Å². The van der Waals surface area contributed by atoms with E-state index in [0.29, 0.717) is 28.3 Å². The van der Waals surface area contributed by atoms with Crippen molar-refractivity contribution in [3.8, 4) is 11.5 Å². The van der Waals surface area contributed by atoms with Crippen molar-refractivity contribution in [3.63, 3.8) is 0 Å². The zero-order valence-electron chi connectivity index (χ0n) is 16.4. The summed E-state index contributed by atoms with van der Waals surface area (Å²) in [5, 5.41) is 30.7. The predicted octanol–water partition coefficient (Wildman–Crippen LogP) is 1.12. The molecule has 156 valence electrons. The van der Waals surface area contributed by atoms with Gasteiger partial charge in [-0.05, 0) is 41.0 Å². The number of carbonyl (C=O) groups excluding carboxylic acids is 1. The number of nitrogens with two attached hydrogens (primary N) is 1. The van der Waals surface area contributed by atoms with Crippen LogP contribution in [0.25, 0.3) is 12.2 Å². The summed E-state index contributed by atoms with van der Waals surface area (Å²) in [6.45, 7) is -0.926. The average molecular weight is 402 g/mol. The maximum Gasteiger partial charge on any atom is 0.243 e. The molecule has 2 rings (SSSR count). The van der Waals surface area contributed by atoms with Crippen LogP contribution in [-0.2, 0) is 18.0 Å². The van der Waals surface area contributed by atoms with Gasteiger partial charge >= 0.3 is 0 Å². The van der Waals surface area contributed by atoms with Crippen LogP contribution in [0.2, 0.25) is 0 Å². The molecule has 8 nitrogen and oxygen atoms in total. The third-order valence-corrected chi connectivity index (χ3v) is 4.36. The molecule has 0 aliphatic heterocycles. The molecule has 0 saturated heterocycles. The Kier molecular flexibility index (Phi) is 8.17. The SMILES string of the molecule is COc1ccc(/C=C\c2cc(CO)c(CO)c(OC)c2)cc1NC(=O)C(N)CO. The minimum absolute atomic E-state index is 0.224. The van der Waals surface area contributed by atoms with Gasteiger partial charge in [0, 0.05) is 5.56 Å². The van der Waals surface area contributed by atoms with Crippen molar-refractivity contribution in [1.82, 2.24) is 0 Å². The monoisotopic (exact) mass is 402 g/mol. The molecule has 8 heteroatoms. The van der Waals surface area contributed by atoms with Crippen LogP contribution in [0.5, 0.6) is 11.5 Å². The summed E-state index contributed by atoms with van der Waals surface area (Å²) in [6, 6.07) is 7.71. The lowest BCUT2D eigenvalue weighted by Crippen LogP contribution is -2.38. The summed E-state index contributed by atoms with van der Waals surface area (Å²) >= 11 is 0. The number of aliphatic hydroxyl groups is 3. The van der Waals surface area contributed by atoms with E-state index in [4.69, 9.17) is 20.3 Å². The molecule has 1 unspecified atom stereocenters. The second kappa shape index (κ2) is 10.6. The Morgan fingerprint density at radius 2 is 1.72 bits per heavy atom. The molecule has 0 aliphatic carbocycles. The summed E-state index contributed by atoms with van der Waals surface area (Å²) in [5.74, 6) is 0.417. The molecular formula is C21H26N2O6. The molecule has 0 saturated carbocycles. The van der Waals surface area contributed by atoms with Crippen LogP contribution in [-0.4, -0.2) is 48.1 Å². The second-order valence-electron chi connectivity index (χ2n) is 6.25. The van der Waals surface area contributed by atoms with E-state index in [-0.39, 0.29) is 13.2 Å². The van der Waals surface area contributed by atoms with Gasteiger partial charge in [0.15, 0.2) is 0 Å². The largest absolute Gasteiger partial charge is 0.496 e. The Morgan fingerprint density at radius 1 is 1.03 bits per heavy atom. The molecule has 1 amide bonds. The maximum atomic E-state index is 12.0. The lowest BCUT2D eigenvalue weighted by atomic mass is 10.0. The van der Waals surface area contributed by atoms with Gasteiger partial charge in [-0.2, -0.15) is 0 Å². The van der Waals surface area contributed by atoms with Gasteiger partial charge in [0.05, 0.1) is 39.7 Å². The molecule has 0 spiro atoms. The number of aliphatic hydroxyl groups excluding tert-OH is 3. The third kappa shape index (κ3) is 5.55. The van der Waals surface area contributed by atoms with Crippen LogP contribution >= 0.6 is 0 Å². The summed E-state index contributed by atoms with van der Waals surface area (Å²) < 4.78 is 10.5. The highest BCUT2D eigenvalue weighted by Gasteiger charge is 2.15. The Bertz CT molecular complexity index is 856. The van der Waals surface area contributed by atoms with Crippen molar-refractivity contribution in [1.29, 1.82) is 0 Å². The zero-order valence-corrected chi connectivity index (χ0v) is 16.4. The van der Waals surface area contributed by atoms with E-state index in [1.165, 1.54) is 14.2 Å². The molecule has 0 radical (unpaired) electrons. The van der Waals surface area contributed by atoms with Crippen molar-refractivity contribution in [3.05, 3.63) is 52.6 Å². The summed E-state index contributed by atoms with van der Waals surface area (Å²) in [7, 11) is 2.98. The highest BCUT2D eigenvalue weighted by molar-refractivity contribution is 5.96. The number of hydrogen-bond acceptors (Lipinski definition) is 7. The number of carbonyl (C=O) groups is 1. The van der Waals surface area contributed by atoms with E-state index in [9.17, 15) is 15.0 Å². The van der Waals surface area contributed by atoms with Gasteiger partial charge < -0.3 is 35.8 Å². The number of anilines is 1. The van der Waals surface area contributed by atoms with E-state index >= 15 is 0 Å². The Hall–Kier alpha value is -2.91. The topological polar surface area (TPSA) is 134 Å². The predicted molar refractivity (Wildman–Crippen MR) is 110 cm³/mol. The molecule has 0 heterocycles. The van der Waals surface area contributed by atoms with E-state index in [1.807, 2.05) is 18.2 Å². The van der Waals surface area contributed by atoms with Crippen molar-refractivity contribution in [2.75, 3.05) is 26.1 Å². The van der Waals surface area contributed by atoms with Crippen molar-refractivity contribution < 1.29 is 29.6 Å². The van der Waals surface area contributed by atoms with Crippen LogP contribution < -0.4 is 20.5 Å². The number of hydrogen-bond donors (Lipinski definition) is 5. The first-order valence-electron chi connectivity index (χ1n) is 8.92. The molecule has 2 aromatic rings. The van der Waals surface area contributed by atoms with Crippen LogP contribution in [0, 0.1) is 0 Å². The summed E-state index contributed by atoms with van der Waals surface area (Å²) in [6.07, 6.45) is 3.63. The number of ether oxygens (including phenoxy) is 2. The van der Waals surface area contributed by atoms with E-state index < -0.39 is 18.6 Å². The second-order valence-corrected chi connectivity index (χ2v) is 6.25. The van der Waals surface area contributed by atoms with Gasteiger partial charge in [0.2, 0.25) is 5.91 Å². The molecule has 0 aliphatic rings. The fourth-order valence-electron chi connectivity index (χ4n) is 2.75. The van der Waals surface area contributed by atoms with Gasteiger partial charge in [0.1, 0.15) is 17.5 Å². The van der Waals surface area contributed by atoms with Gasteiger partial charge in [-0.15, -0.1) is 0 Å². The number of amides is 1. The van der Waals surface area contributed by atoms with Gasteiger partial charge in [-0.1, -0.05) is 18.2 Å². The van der Waals surface area contributed by atoms with Crippen LogP contribution in [0.15, 0.2) is 30.3 Å². The minimum atomic E-state index is -1.03. The van der Waals surface area contributed by atoms with Crippen LogP contribution in [0.4, 0.5) is 5.69 Å². The minimum Gasteiger partial charge on any atom is -0.496 e. The van der Waals surface area contributed by atoms with Gasteiger partial charge in [0.25, 0.3) is 0 Å². The van der Waals surface area contributed by atoms with E-state index in [2.05, 4.69) is 5.32 Å². The fraction of sp³-hybridized carbons (Fsp3) is 0.286. The molecule has 29 heavy (non-hydrogen) atoms. The number of benzene rings is 2. The molecule has 0 aromatic heterocycles. The first-order chi connectivity index (χ1) is 14.0. The molecule has 6 N–H and O–H groups in total. The smallest absolute Gasteiger partial charge is 0.243 e. The zero-order chi connectivity index (χ0) is 21.4. The Labute approximate surface area is 169 Å². The summed E-state index contributed by atoms with van der Waals surface area (Å²) in [4.78, 5) is 12.0. The quantitative estimate of drug-likeness (QED) is 0.397.